The summed E-state index contributed by atoms with van der Waals surface area (Å²) >= 11 is 3.46. The predicted molar refractivity (Wildman–Crippen MR) is 78.5 cm³/mol. The number of ether oxygens (including phenoxy) is 1. The molecule has 1 saturated carbocycles. The van der Waals surface area contributed by atoms with Crippen LogP contribution >= 0.6 is 15.9 Å². The minimum absolute atomic E-state index is 0.110. The van der Waals surface area contributed by atoms with E-state index < -0.39 is 0 Å². The molecule has 19 heavy (non-hydrogen) atoms. The average molecular weight is 329 g/mol. The highest BCUT2D eigenvalue weighted by molar-refractivity contribution is 9.10. The van der Waals surface area contributed by atoms with Crippen molar-refractivity contribution >= 4 is 21.8 Å². The highest BCUT2D eigenvalue weighted by Crippen LogP contribution is 2.29. The summed E-state index contributed by atoms with van der Waals surface area (Å²) in [5, 5.41) is 0. The molecule has 0 spiro atoms. The van der Waals surface area contributed by atoms with Gasteiger partial charge in [0.2, 0.25) is 0 Å². The van der Waals surface area contributed by atoms with Crippen molar-refractivity contribution in [3.8, 4) is 0 Å². The largest absolute Gasteiger partial charge is 0.383 e. The minimum Gasteiger partial charge on any atom is -0.383 e. The quantitative estimate of drug-likeness (QED) is 0.804. The topological polar surface area (TPSA) is 34.5 Å². The van der Waals surface area contributed by atoms with E-state index in [0.29, 0.717) is 19.2 Å². The molecule has 1 amide bonds. The lowest BCUT2D eigenvalue weighted by atomic mass is 10.3. The number of hydrogen-bond donors (Lipinski definition) is 0. The van der Waals surface area contributed by atoms with E-state index in [2.05, 4.69) is 29.8 Å². The third-order valence-electron chi connectivity index (χ3n) is 3.38. The average Bonchev–Trinajstić information content (AvgIpc) is 3.11. The zero-order valence-corrected chi connectivity index (χ0v) is 13.3. The summed E-state index contributed by atoms with van der Waals surface area (Å²) in [6, 6.07) is 2.58. The molecule has 0 N–H and O–H groups in total. The molecule has 4 nitrogen and oxygen atoms in total. The Kier molecular flexibility index (Phi) is 4.68. The Labute approximate surface area is 122 Å². The maximum absolute atomic E-state index is 12.7. The molecule has 1 fully saturated rings. The number of rotatable bonds is 6. The molecule has 1 aliphatic carbocycles. The number of aromatic nitrogens is 1. The monoisotopic (exact) mass is 328 g/mol. The van der Waals surface area contributed by atoms with Gasteiger partial charge in [0, 0.05) is 36.4 Å². The molecule has 1 heterocycles. The number of methoxy groups -OCH3 is 1. The van der Waals surface area contributed by atoms with E-state index in [9.17, 15) is 4.79 Å². The lowest BCUT2D eigenvalue weighted by molar-refractivity contribution is 0.0668. The number of amides is 1. The lowest BCUT2D eigenvalue weighted by Gasteiger charge is -2.23. The van der Waals surface area contributed by atoms with Gasteiger partial charge in [-0.3, -0.25) is 4.79 Å². The lowest BCUT2D eigenvalue weighted by Crippen LogP contribution is -2.37. The first-order chi connectivity index (χ1) is 9.04. The summed E-state index contributed by atoms with van der Waals surface area (Å²) in [5.41, 5.74) is 0.755. The standard InChI is InChI=1S/C14H21BrN2O2/c1-10(2)17-9-11(15)8-13(17)14(18)16(6-7-19-3)12-4-5-12/h8-10,12H,4-7H2,1-3H3. The van der Waals surface area contributed by atoms with Crippen LogP contribution in [0, 0.1) is 0 Å². The number of carbonyl (C=O) groups excluding carboxylic acids is 1. The van der Waals surface area contributed by atoms with E-state index in [0.717, 1.165) is 23.0 Å². The van der Waals surface area contributed by atoms with Crippen LogP contribution < -0.4 is 0 Å². The maximum atomic E-state index is 12.7. The van der Waals surface area contributed by atoms with Crippen LogP contribution in [0.4, 0.5) is 0 Å². The fourth-order valence-electron chi connectivity index (χ4n) is 2.22. The van der Waals surface area contributed by atoms with Crippen molar-refractivity contribution in [2.24, 2.45) is 0 Å². The second-order valence-corrected chi connectivity index (χ2v) is 6.18. The molecule has 0 unspecified atom stereocenters. The maximum Gasteiger partial charge on any atom is 0.270 e. The molecule has 0 aliphatic heterocycles. The van der Waals surface area contributed by atoms with Crippen molar-refractivity contribution in [1.29, 1.82) is 0 Å². The SMILES string of the molecule is COCCN(C(=O)c1cc(Br)cn1C(C)C)C1CC1. The van der Waals surface area contributed by atoms with Gasteiger partial charge in [0.25, 0.3) is 5.91 Å². The minimum atomic E-state index is 0.110. The van der Waals surface area contributed by atoms with Gasteiger partial charge in [0.15, 0.2) is 0 Å². The van der Waals surface area contributed by atoms with E-state index >= 15 is 0 Å². The van der Waals surface area contributed by atoms with Gasteiger partial charge in [-0.1, -0.05) is 0 Å². The van der Waals surface area contributed by atoms with Crippen LogP contribution in [0.3, 0.4) is 0 Å². The van der Waals surface area contributed by atoms with Crippen LogP contribution in [0.5, 0.6) is 0 Å². The molecule has 106 valence electrons. The molecule has 1 aromatic heterocycles. The van der Waals surface area contributed by atoms with Crippen molar-refractivity contribution in [1.82, 2.24) is 9.47 Å². The smallest absolute Gasteiger partial charge is 0.270 e. The highest BCUT2D eigenvalue weighted by Gasteiger charge is 2.34. The first-order valence-corrected chi connectivity index (χ1v) is 7.51. The van der Waals surface area contributed by atoms with Crippen LogP contribution in [-0.4, -0.2) is 41.7 Å². The molecule has 0 bridgehead atoms. The second-order valence-electron chi connectivity index (χ2n) is 5.27. The van der Waals surface area contributed by atoms with Crippen LogP contribution in [-0.2, 0) is 4.74 Å². The fraction of sp³-hybridized carbons (Fsp3) is 0.643. The van der Waals surface area contributed by atoms with Crippen LogP contribution in [0.2, 0.25) is 0 Å². The van der Waals surface area contributed by atoms with Gasteiger partial charge in [-0.2, -0.15) is 0 Å². The normalized spacial score (nSPS) is 15.0. The third-order valence-corrected chi connectivity index (χ3v) is 3.81. The van der Waals surface area contributed by atoms with Gasteiger partial charge in [-0.05, 0) is 48.7 Å². The summed E-state index contributed by atoms with van der Waals surface area (Å²) in [5.74, 6) is 0.110. The van der Waals surface area contributed by atoms with Crippen LogP contribution in [0.15, 0.2) is 16.7 Å². The Bertz CT molecular complexity index is 452. The molecule has 2 rings (SSSR count). The third kappa shape index (κ3) is 3.39. The van der Waals surface area contributed by atoms with Gasteiger partial charge >= 0.3 is 0 Å². The Hall–Kier alpha value is -0.810. The fourth-order valence-corrected chi connectivity index (χ4v) is 2.65. The number of halogens is 1. The molecule has 0 saturated heterocycles. The van der Waals surface area contributed by atoms with E-state index in [-0.39, 0.29) is 11.9 Å². The van der Waals surface area contributed by atoms with Crippen molar-refractivity contribution in [3.63, 3.8) is 0 Å². The van der Waals surface area contributed by atoms with Crippen LogP contribution in [0.1, 0.15) is 43.2 Å². The number of carbonyl (C=O) groups is 1. The summed E-state index contributed by atoms with van der Waals surface area (Å²) in [6.45, 7) is 5.42. The van der Waals surface area contributed by atoms with Gasteiger partial charge in [0.1, 0.15) is 5.69 Å². The Balaban J connectivity index is 2.21. The Morgan fingerprint density at radius 2 is 2.26 bits per heavy atom. The van der Waals surface area contributed by atoms with Crippen molar-refractivity contribution in [3.05, 3.63) is 22.4 Å². The molecule has 0 atom stereocenters. The molecule has 0 aromatic carbocycles. The summed E-state index contributed by atoms with van der Waals surface area (Å²) in [7, 11) is 1.67. The van der Waals surface area contributed by atoms with E-state index in [4.69, 9.17) is 4.74 Å². The van der Waals surface area contributed by atoms with Crippen molar-refractivity contribution < 1.29 is 9.53 Å². The van der Waals surface area contributed by atoms with Crippen molar-refractivity contribution in [2.45, 2.75) is 38.8 Å². The molecular weight excluding hydrogens is 308 g/mol. The van der Waals surface area contributed by atoms with Gasteiger partial charge in [-0.25, -0.2) is 0 Å². The van der Waals surface area contributed by atoms with Crippen molar-refractivity contribution in [2.75, 3.05) is 20.3 Å². The zero-order valence-electron chi connectivity index (χ0n) is 11.7. The molecule has 1 aliphatic rings. The molecule has 1 aromatic rings. The molecule has 5 heteroatoms. The summed E-state index contributed by atoms with van der Waals surface area (Å²) < 4.78 is 8.08. The first-order valence-electron chi connectivity index (χ1n) is 6.72. The predicted octanol–water partition coefficient (Wildman–Crippen LogP) is 3.08. The zero-order chi connectivity index (χ0) is 14.0. The Morgan fingerprint density at radius 3 is 2.79 bits per heavy atom. The molecule has 0 radical (unpaired) electrons. The number of hydrogen-bond acceptors (Lipinski definition) is 2. The van der Waals surface area contributed by atoms with Gasteiger partial charge in [-0.15, -0.1) is 0 Å². The molecular formula is C14H21BrN2O2. The number of nitrogens with zero attached hydrogens (tertiary/aromatic N) is 2. The van der Waals surface area contributed by atoms with Gasteiger partial charge < -0.3 is 14.2 Å². The van der Waals surface area contributed by atoms with E-state index in [1.807, 2.05) is 21.7 Å². The highest BCUT2D eigenvalue weighted by atomic mass is 79.9. The van der Waals surface area contributed by atoms with Crippen LogP contribution in [0.25, 0.3) is 0 Å². The summed E-state index contributed by atoms with van der Waals surface area (Å²) in [6.07, 6.45) is 4.19. The summed E-state index contributed by atoms with van der Waals surface area (Å²) in [4.78, 5) is 14.6. The Morgan fingerprint density at radius 1 is 1.58 bits per heavy atom. The van der Waals surface area contributed by atoms with E-state index in [1.165, 1.54) is 0 Å². The second kappa shape index (κ2) is 6.09. The van der Waals surface area contributed by atoms with E-state index in [1.54, 1.807) is 7.11 Å². The van der Waals surface area contributed by atoms with Gasteiger partial charge in [0.05, 0.1) is 6.61 Å². The first kappa shape index (κ1) is 14.6.